The molecule has 6 heterocycles. The number of ether oxygens (including phenoxy) is 2. The summed E-state index contributed by atoms with van der Waals surface area (Å²) in [5.41, 5.74) is 8.31. The molecule has 0 saturated carbocycles. The van der Waals surface area contributed by atoms with Crippen molar-refractivity contribution in [2.45, 2.75) is 0 Å². The zero-order valence-corrected chi connectivity index (χ0v) is 35.5. The number of para-hydroxylation sites is 3. The number of rotatable bonds is 4. The standard InChI is InChI=1S/C59H34BN3O2S/c1-2-13-35(14-3-1)36-25-29-51-45(31-36)60-46-32-37(26-30-52(46)65-54-23-12-22-53(64-51)57(54)60)47-33-38(62-48-19-8-4-15-39(48)40-16-5-9-20-49(40)62)34-56(61-47)63-50-21-10-6-17-41(50)43-27-28-44-42-18-7-11-24-55(42)66-59(44)58(43)63/h1-34H/i4D,5D,8D,9D,15D,16D,19D,20D. The lowest BCUT2D eigenvalue weighted by Gasteiger charge is -2.33. The van der Waals surface area contributed by atoms with Gasteiger partial charge in [-0.25, -0.2) is 4.98 Å². The monoisotopic (exact) mass is 867 g/mol. The van der Waals surface area contributed by atoms with Crippen LogP contribution in [-0.2, 0) is 0 Å². The molecule has 0 bridgehead atoms. The number of nitrogens with zero attached hydrogens (tertiary/aromatic N) is 3. The summed E-state index contributed by atoms with van der Waals surface area (Å²) >= 11 is 1.70. The molecule has 15 rings (SSSR count). The van der Waals surface area contributed by atoms with Crippen LogP contribution in [0.4, 0.5) is 0 Å². The van der Waals surface area contributed by atoms with Crippen LogP contribution >= 0.6 is 11.3 Å². The van der Waals surface area contributed by atoms with Crippen LogP contribution in [-0.4, -0.2) is 20.8 Å². The maximum atomic E-state index is 9.45. The Bertz CT molecular complexity index is 4600. The van der Waals surface area contributed by atoms with Crippen molar-refractivity contribution in [2.24, 2.45) is 0 Å². The van der Waals surface area contributed by atoms with Gasteiger partial charge in [0.05, 0.1) is 49.1 Å². The number of aromatic nitrogens is 3. The van der Waals surface area contributed by atoms with Gasteiger partial charge < -0.3 is 14.0 Å². The molecule has 0 amide bonds. The normalized spacial score (nSPS) is 14.5. The first-order valence-corrected chi connectivity index (χ1v) is 22.5. The number of pyridine rings is 1. The van der Waals surface area contributed by atoms with E-state index >= 15 is 0 Å². The van der Waals surface area contributed by atoms with Crippen LogP contribution in [0.2, 0.25) is 0 Å². The van der Waals surface area contributed by atoms with Crippen LogP contribution < -0.4 is 25.9 Å². The first-order valence-electron chi connectivity index (χ1n) is 25.7. The van der Waals surface area contributed by atoms with Gasteiger partial charge in [0.1, 0.15) is 28.8 Å². The highest BCUT2D eigenvalue weighted by Crippen LogP contribution is 2.44. The van der Waals surface area contributed by atoms with E-state index in [9.17, 15) is 5.48 Å². The average Bonchev–Trinajstić information content (AvgIpc) is 4.16. The van der Waals surface area contributed by atoms with Crippen LogP contribution in [0.1, 0.15) is 11.0 Å². The van der Waals surface area contributed by atoms with Gasteiger partial charge in [-0.05, 0) is 82.7 Å². The van der Waals surface area contributed by atoms with Crippen LogP contribution in [0.15, 0.2) is 206 Å². The third kappa shape index (κ3) is 5.09. The van der Waals surface area contributed by atoms with Gasteiger partial charge in [0.25, 0.3) is 6.71 Å². The summed E-state index contributed by atoms with van der Waals surface area (Å²) in [5.74, 6) is 3.28. The summed E-state index contributed by atoms with van der Waals surface area (Å²) in [6, 6.07) is 49.4. The molecule has 0 fully saturated rings. The summed E-state index contributed by atoms with van der Waals surface area (Å²) in [7, 11) is 0. The summed E-state index contributed by atoms with van der Waals surface area (Å²) in [4.78, 5) is 5.58. The van der Waals surface area contributed by atoms with Gasteiger partial charge in [-0.3, -0.25) is 4.57 Å². The summed E-state index contributed by atoms with van der Waals surface area (Å²) in [5, 5.41) is 4.24. The lowest BCUT2D eigenvalue weighted by Crippen LogP contribution is -2.57. The number of hydrogen-bond donors (Lipinski definition) is 0. The summed E-state index contributed by atoms with van der Waals surface area (Å²) < 4.78 is 92.0. The molecule has 5 nitrogen and oxygen atoms in total. The van der Waals surface area contributed by atoms with E-state index in [2.05, 4.69) is 71.3 Å². The maximum Gasteiger partial charge on any atom is 0.260 e. The van der Waals surface area contributed by atoms with Crippen LogP contribution in [0.5, 0.6) is 23.0 Å². The van der Waals surface area contributed by atoms with Gasteiger partial charge in [0, 0.05) is 54.1 Å². The Morgan fingerprint density at radius 1 is 0.470 bits per heavy atom. The molecule has 13 aromatic rings. The average molecular weight is 868 g/mol. The molecule has 0 radical (unpaired) electrons. The third-order valence-electron chi connectivity index (χ3n) is 13.3. The predicted octanol–water partition coefficient (Wildman–Crippen LogP) is 13.7. The van der Waals surface area contributed by atoms with E-state index in [0.717, 1.165) is 75.2 Å². The Labute approximate surface area is 394 Å². The van der Waals surface area contributed by atoms with E-state index in [-0.39, 0.29) is 40.6 Å². The molecule has 4 aromatic heterocycles. The minimum Gasteiger partial charge on any atom is -0.458 e. The molecule has 2 aliphatic heterocycles. The lowest BCUT2D eigenvalue weighted by molar-refractivity contribution is 0.464. The minimum absolute atomic E-state index is 0.00443. The van der Waals surface area contributed by atoms with Gasteiger partial charge in [-0.15, -0.1) is 11.3 Å². The minimum atomic E-state index is -0.505. The molecule has 66 heavy (non-hydrogen) atoms. The molecule has 0 N–H and O–H groups in total. The van der Waals surface area contributed by atoms with E-state index in [1.54, 1.807) is 15.9 Å². The molecule has 9 aromatic carbocycles. The van der Waals surface area contributed by atoms with Crippen LogP contribution in [0.3, 0.4) is 0 Å². The van der Waals surface area contributed by atoms with Crippen molar-refractivity contribution in [3.05, 3.63) is 206 Å². The second-order valence-electron chi connectivity index (χ2n) is 16.8. The quantitative estimate of drug-likeness (QED) is 0.166. The van der Waals surface area contributed by atoms with Gasteiger partial charge in [0.2, 0.25) is 0 Å². The SMILES string of the molecule is [2H]c1c([2H])c([2H])c2c(c1[2H])c1c([2H])c([2H])c([2H])c([2H])c1n2-c1cc(-c2ccc3c(c2)B2c4cc(-c5ccccc5)ccc4Oc4cccc(c42)O3)nc(-n2c3ccccc3c3ccc4c5ccccc5sc4c32)c1. The Balaban J connectivity index is 1.06. The van der Waals surface area contributed by atoms with E-state index in [4.69, 9.17) is 19.9 Å². The number of thiophene rings is 1. The molecule has 0 atom stereocenters. The van der Waals surface area contributed by atoms with Gasteiger partial charge >= 0.3 is 0 Å². The highest BCUT2D eigenvalue weighted by molar-refractivity contribution is 7.26. The fourth-order valence-corrected chi connectivity index (χ4v) is 11.7. The summed E-state index contributed by atoms with van der Waals surface area (Å²) in [6.45, 7) is -0.303. The molecule has 0 spiro atoms. The van der Waals surface area contributed by atoms with Crippen molar-refractivity contribution in [3.8, 4) is 56.9 Å². The smallest absolute Gasteiger partial charge is 0.260 e. The topological polar surface area (TPSA) is 41.2 Å². The van der Waals surface area contributed by atoms with Gasteiger partial charge in [-0.1, -0.05) is 139 Å². The van der Waals surface area contributed by atoms with E-state index in [1.807, 2.05) is 91.0 Å². The highest BCUT2D eigenvalue weighted by atomic mass is 32.1. The molecule has 0 unspecified atom stereocenters. The van der Waals surface area contributed by atoms with E-state index < -0.39 is 36.3 Å². The first-order chi connectivity index (χ1) is 36.0. The summed E-state index contributed by atoms with van der Waals surface area (Å²) in [6.07, 6.45) is 0. The zero-order valence-electron chi connectivity index (χ0n) is 42.7. The largest absolute Gasteiger partial charge is 0.458 e. The van der Waals surface area contributed by atoms with E-state index in [0.29, 0.717) is 40.0 Å². The molecule has 7 heteroatoms. The van der Waals surface area contributed by atoms with Crippen LogP contribution in [0, 0.1) is 0 Å². The van der Waals surface area contributed by atoms with Crippen molar-refractivity contribution in [3.63, 3.8) is 0 Å². The Morgan fingerprint density at radius 2 is 1.12 bits per heavy atom. The number of benzene rings is 9. The Kier molecular flexibility index (Phi) is 5.99. The van der Waals surface area contributed by atoms with E-state index in [1.165, 1.54) is 0 Å². The molecule has 2 aliphatic rings. The second kappa shape index (κ2) is 13.6. The molecular formula is C59H34BN3O2S. The number of hydrogen-bond acceptors (Lipinski definition) is 4. The van der Waals surface area contributed by atoms with Gasteiger partial charge in [0.15, 0.2) is 0 Å². The second-order valence-corrected chi connectivity index (χ2v) is 17.9. The Hall–Kier alpha value is -8.39. The molecule has 0 aliphatic carbocycles. The Morgan fingerprint density at radius 3 is 1.89 bits per heavy atom. The molecular weight excluding hydrogens is 826 g/mol. The zero-order chi connectivity index (χ0) is 50.0. The fourth-order valence-electron chi connectivity index (χ4n) is 10.4. The molecule has 0 saturated heterocycles. The van der Waals surface area contributed by atoms with Crippen molar-refractivity contribution in [1.29, 1.82) is 0 Å². The highest BCUT2D eigenvalue weighted by Gasteiger charge is 2.40. The predicted molar refractivity (Wildman–Crippen MR) is 274 cm³/mol. The lowest BCUT2D eigenvalue weighted by atomic mass is 9.34. The maximum absolute atomic E-state index is 9.45. The fraction of sp³-hybridized carbons (Fsp3) is 0. The third-order valence-corrected chi connectivity index (χ3v) is 14.5. The van der Waals surface area contributed by atoms with Gasteiger partial charge in [-0.2, -0.15) is 0 Å². The van der Waals surface area contributed by atoms with Crippen molar-refractivity contribution in [2.75, 3.05) is 0 Å². The number of fused-ring (bicyclic) bond motifs is 14. The van der Waals surface area contributed by atoms with Crippen molar-refractivity contribution < 1.29 is 20.4 Å². The van der Waals surface area contributed by atoms with Crippen molar-refractivity contribution >= 4 is 98.2 Å². The first kappa shape index (κ1) is 29.1. The molecule has 306 valence electrons. The van der Waals surface area contributed by atoms with Crippen molar-refractivity contribution in [1.82, 2.24) is 14.1 Å². The van der Waals surface area contributed by atoms with Crippen LogP contribution in [0.25, 0.3) is 97.7 Å².